The van der Waals surface area contributed by atoms with Crippen LogP contribution in [0, 0.1) is 0 Å². The quantitative estimate of drug-likeness (QED) is 0.720. The van der Waals surface area contributed by atoms with E-state index in [2.05, 4.69) is 19.7 Å². The second kappa shape index (κ2) is 4.18. The Morgan fingerprint density at radius 3 is 3.33 bits per heavy atom. The Bertz CT molecular complexity index is 509. The van der Waals surface area contributed by atoms with Crippen LogP contribution in [-0.2, 0) is 4.74 Å². The summed E-state index contributed by atoms with van der Waals surface area (Å²) in [5.41, 5.74) is 0. The normalized spacial score (nSPS) is 11.9. The molecule has 0 aliphatic heterocycles. The number of carbonyl (C=O) groups excluding carboxylic acids is 1. The van der Waals surface area contributed by atoms with Crippen molar-refractivity contribution in [1.82, 2.24) is 13.8 Å². The first-order valence-electron chi connectivity index (χ1n) is 4.32. The van der Waals surface area contributed by atoms with Crippen molar-refractivity contribution in [2.24, 2.45) is 4.99 Å². The van der Waals surface area contributed by atoms with Crippen LogP contribution < -0.4 is 4.80 Å². The predicted molar refractivity (Wildman–Crippen MR) is 53.4 cm³/mol. The summed E-state index contributed by atoms with van der Waals surface area (Å²) in [6, 6.07) is 1.78. The van der Waals surface area contributed by atoms with Gasteiger partial charge in [0.25, 0.3) is 0 Å². The molecule has 78 valence electrons. The maximum absolute atomic E-state index is 11.0. The summed E-state index contributed by atoms with van der Waals surface area (Å²) in [6.45, 7) is 2.03. The molecule has 0 saturated heterocycles. The minimum atomic E-state index is -0.628. The Morgan fingerprint density at radius 2 is 2.60 bits per heavy atom. The van der Waals surface area contributed by atoms with E-state index in [-0.39, 0.29) is 0 Å². The van der Waals surface area contributed by atoms with Crippen LogP contribution in [0.3, 0.4) is 0 Å². The zero-order valence-electron chi connectivity index (χ0n) is 7.95. The third-order valence-corrected chi connectivity index (χ3v) is 2.35. The Balaban J connectivity index is 2.40. The molecule has 0 aliphatic carbocycles. The molecule has 0 radical (unpaired) electrons. The molecule has 0 saturated carbocycles. The molecule has 2 aromatic rings. The molecule has 7 heteroatoms. The van der Waals surface area contributed by atoms with Gasteiger partial charge in [-0.3, -0.25) is 0 Å². The third-order valence-electron chi connectivity index (χ3n) is 1.53. The number of ether oxygens (including phenoxy) is 1. The van der Waals surface area contributed by atoms with E-state index in [9.17, 15) is 4.79 Å². The first kappa shape index (κ1) is 9.78. The van der Waals surface area contributed by atoms with E-state index in [0.717, 1.165) is 0 Å². The average Bonchev–Trinajstić information content (AvgIpc) is 2.59. The number of hydrogen-bond donors (Lipinski definition) is 0. The summed E-state index contributed by atoms with van der Waals surface area (Å²) in [4.78, 5) is 23.1. The van der Waals surface area contributed by atoms with Gasteiger partial charge in [-0.25, -0.2) is 13.6 Å². The van der Waals surface area contributed by atoms with Crippen LogP contribution in [0.4, 0.5) is 4.79 Å². The number of carbonyl (C=O) groups is 1. The fourth-order valence-electron chi connectivity index (χ4n) is 0.973. The predicted octanol–water partition coefficient (Wildman–Crippen LogP) is 0.848. The van der Waals surface area contributed by atoms with Crippen molar-refractivity contribution in [1.29, 1.82) is 0 Å². The van der Waals surface area contributed by atoms with Gasteiger partial charge >= 0.3 is 6.09 Å². The van der Waals surface area contributed by atoms with Gasteiger partial charge in [-0.15, -0.1) is 4.99 Å². The molecule has 2 aromatic heterocycles. The topological polar surface area (TPSA) is 68.8 Å². The van der Waals surface area contributed by atoms with E-state index in [1.54, 1.807) is 29.2 Å². The SMILES string of the molecule is CCOC(=O)N=c1nc2ncccn2s1. The second-order valence-electron chi connectivity index (χ2n) is 2.54. The molecule has 0 aliphatic rings. The molecule has 0 bridgehead atoms. The molecule has 15 heavy (non-hydrogen) atoms. The van der Waals surface area contributed by atoms with Crippen molar-refractivity contribution in [3.05, 3.63) is 23.3 Å². The molecule has 0 N–H and O–H groups in total. The number of aromatic nitrogens is 3. The van der Waals surface area contributed by atoms with Crippen LogP contribution >= 0.6 is 11.5 Å². The fourth-order valence-corrected chi connectivity index (χ4v) is 1.69. The van der Waals surface area contributed by atoms with E-state index in [4.69, 9.17) is 0 Å². The van der Waals surface area contributed by atoms with Gasteiger partial charge in [-0.1, -0.05) is 0 Å². The lowest BCUT2D eigenvalue weighted by atomic mass is 10.7. The third kappa shape index (κ3) is 2.18. The zero-order chi connectivity index (χ0) is 10.7. The average molecular weight is 224 g/mol. The van der Waals surface area contributed by atoms with Gasteiger partial charge in [0.15, 0.2) is 0 Å². The summed E-state index contributed by atoms with van der Waals surface area (Å²) in [7, 11) is 0. The summed E-state index contributed by atoms with van der Waals surface area (Å²) < 4.78 is 6.39. The second-order valence-corrected chi connectivity index (χ2v) is 3.48. The van der Waals surface area contributed by atoms with E-state index in [1.807, 2.05) is 0 Å². The monoisotopic (exact) mass is 224 g/mol. The van der Waals surface area contributed by atoms with Crippen LogP contribution in [0.2, 0.25) is 0 Å². The highest BCUT2D eigenvalue weighted by molar-refractivity contribution is 7.03. The summed E-state index contributed by atoms with van der Waals surface area (Å²) in [6.07, 6.45) is 2.80. The lowest BCUT2D eigenvalue weighted by molar-refractivity contribution is 0.162. The molecule has 0 spiro atoms. The number of rotatable bonds is 1. The van der Waals surface area contributed by atoms with Crippen molar-refractivity contribution in [2.45, 2.75) is 6.92 Å². The molecule has 0 fully saturated rings. The van der Waals surface area contributed by atoms with Gasteiger partial charge in [0.05, 0.1) is 6.61 Å². The molecule has 1 amide bonds. The largest absolute Gasteiger partial charge is 0.448 e. The van der Waals surface area contributed by atoms with Crippen LogP contribution in [0.15, 0.2) is 23.5 Å². The maximum atomic E-state index is 11.0. The molecule has 2 rings (SSSR count). The molecule has 2 heterocycles. The molecule has 0 aromatic carbocycles. The number of nitrogens with zero attached hydrogens (tertiary/aromatic N) is 4. The highest BCUT2D eigenvalue weighted by Crippen LogP contribution is 1.95. The fraction of sp³-hybridized carbons (Fsp3) is 0.250. The van der Waals surface area contributed by atoms with Gasteiger partial charge in [0.1, 0.15) is 0 Å². The minimum Gasteiger partial charge on any atom is -0.448 e. The first-order valence-corrected chi connectivity index (χ1v) is 5.09. The van der Waals surface area contributed by atoms with E-state index in [0.29, 0.717) is 17.2 Å². The Morgan fingerprint density at radius 1 is 1.73 bits per heavy atom. The van der Waals surface area contributed by atoms with Gasteiger partial charge < -0.3 is 4.74 Å². The maximum Gasteiger partial charge on any atom is 0.436 e. The highest BCUT2D eigenvalue weighted by atomic mass is 32.1. The molecule has 6 nitrogen and oxygen atoms in total. The number of amides is 1. The number of hydrogen-bond acceptors (Lipinski definition) is 5. The van der Waals surface area contributed by atoms with Gasteiger partial charge in [-0.05, 0) is 24.5 Å². The molecular formula is C8H8N4O2S. The van der Waals surface area contributed by atoms with Crippen molar-refractivity contribution in [2.75, 3.05) is 6.61 Å². The molecular weight excluding hydrogens is 216 g/mol. The molecule has 0 unspecified atom stereocenters. The van der Waals surface area contributed by atoms with Crippen molar-refractivity contribution < 1.29 is 9.53 Å². The zero-order valence-corrected chi connectivity index (χ0v) is 8.77. The van der Waals surface area contributed by atoms with Gasteiger partial charge in [0, 0.05) is 12.4 Å². The minimum absolute atomic E-state index is 0.304. The van der Waals surface area contributed by atoms with E-state index < -0.39 is 6.09 Å². The summed E-state index contributed by atoms with van der Waals surface area (Å²) >= 11 is 1.23. The van der Waals surface area contributed by atoms with Crippen molar-refractivity contribution in [3.8, 4) is 0 Å². The standard InChI is InChI=1S/C8H8N4O2S/c1-2-14-8(13)11-7-10-6-9-4-3-5-12(6)15-7/h3-5H,2H2,1H3. The molecule has 0 atom stereocenters. The summed E-state index contributed by atoms with van der Waals surface area (Å²) in [5.74, 6) is 0.519. The van der Waals surface area contributed by atoms with Crippen LogP contribution in [0.5, 0.6) is 0 Å². The Kier molecular flexibility index (Phi) is 2.72. The Labute approximate surface area is 89.0 Å². The smallest absolute Gasteiger partial charge is 0.436 e. The van der Waals surface area contributed by atoms with Crippen LogP contribution in [0.1, 0.15) is 6.92 Å². The van der Waals surface area contributed by atoms with E-state index in [1.165, 1.54) is 11.5 Å². The summed E-state index contributed by atoms with van der Waals surface area (Å²) in [5, 5.41) is 0. The van der Waals surface area contributed by atoms with E-state index >= 15 is 0 Å². The first-order chi connectivity index (χ1) is 7.29. The van der Waals surface area contributed by atoms with Crippen LogP contribution in [0.25, 0.3) is 5.78 Å². The Hall–Kier alpha value is -1.76. The lowest BCUT2D eigenvalue weighted by Gasteiger charge is -1.90. The number of fused-ring (bicyclic) bond motifs is 1. The van der Waals surface area contributed by atoms with Crippen LogP contribution in [-0.4, -0.2) is 26.5 Å². The highest BCUT2D eigenvalue weighted by Gasteiger charge is 2.00. The van der Waals surface area contributed by atoms with Crippen molar-refractivity contribution >= 4 is 23.4 Å². The van der Waals surface area contributed by atoms with Gasteiger partial charge in [0.2, 0.25) is 10.6 Å². The van der Waals surface area contributed by atoms with Gasteiger partial charge in [-0.2, -0.15) is 4.98 Å². The van der Waals surface area contributed by atoms with Crippen molar-refractivity contribution in [3.63, 3.8) is 0 Å². The lowest BCUT2D eigenvalue weighted by Crippen LogP contribution is -2.06.